The zero-order chi connectivity index (χ0) is 22.8. The molecule has 0 atom stereocenters. The summed E-state index contributed by atoms with van der Waals surface area (Å²) in [5, 5.41) is 3.37. The smallest absolute Gasteiger partial charge is 0.308 e. The van der Waals surface area contributed by atoms with Gasteiger partial charge >= 0.3 is 5.97 Å². The third kappa shape index (κ3) is 4.55. The number of carbonyl (C=O) groups is 2. The van der Waals surface area contributed by atoms with E-state index in [-0.39, 0.29) is 29.7 Å². The number of rotatable bonds is 5. The average Bonchev–Trinajstić information content (AvgIpc) is 3.21. The fraction of sp³-hybridized carbons (Fsp3) is 0.333. The number of carbonyl (C=O) groups excluding carboxylic acids is 2. The monoisotopic (exact) mass is 504 g/mol. The summed E-state index contributed by atoms with van der Waals surface area (Å²) in [6.07, 6.45) is 4.36. The van der Waals surface area contributed by atoms with Gasteiger partial charge in [0.05, 0.1) is 28.6 Å². The Labute approximate surface area is 192 Å². The maximum Gasteiger partial charge on any atom is 0.308 e. The van der Waals surface area contributed by atoms with Crippen LogP contribution in [0.1, 0.15) is 41.6 Å². The minimum absolute atomic E-state index is 0.0625. The van der Waals surface area contributed by atoms with E-state index in [1.54, 1.807) is 29.0 Å². The Hall–Kier alpha value is -2.74. The van der Waals surface area contributed by atoms with E-state index in [0.717, 1.165) is 0 Å². The topological polar surface area (TPSA) is 60.3 Å². The molecule has 0 unspecified atom stereocenters. The first-order valence-electron chi connectivity index (χ1n) is 10.5. The fourth-order valence-corrected chi connectivity index (χ4v) is 4.59. The van der Waals surface area contributed by atoms with Crippen molar-refractivity contribution in [3.63, 3.8) is 0 Å². The van der Waals surface area contributed by atoms with Crippen LogP contribution in [-0.2, 0) is 16.1 Å². The second kappa shape index (κ2) is 9.40. The molecule has 2 aromatic carbocycles. The summed E-state index contributed by atoms with van der Waals surface area (Å²) >= 11 is 3.14. The molecule has 1 saturated carbocycles. The van der Waals surface area contributed by atoms with Gasteiger partial charge in [-0.3, -0.25) is 9.59 Å². The van der Waals surface area contributed by atoms with E-state index < -0.39 is 5.82 Å². The third-order valence-corrected chi connectivity index (χ3v) is 6.69. The van der Waals surface area contributed by atoms with Crippen LogP contribution in [0, 0.1) is 17.6 Å². The second-order valence-corrected chi connectivity index (χ2v) is 8.95. The molecule has 8 heteroatoms. The number of fused-ring (bicyclic) bond motifs is 1. The van der Waals surface area contributed by atoms with E-state index >= 15 is 0 Å². The van der Waals surface area contributed by atoms with Gasteiger partial charge in [-0.2, -0.15) is 0 Å². The molecule has 1 aromatic heterocycles. The Kier molecular flexibility index (Phi) is 6.60. The fourth-order valence-electron chi connectivity index (χ4n) is 4.34. The molecule has 3 aromatic rings. The number of methoxy groups -OCH3 is 1. The van der Waals surface area contributed by atoms with Gasteiger partial charge in [0.25, 0.3) is 5.91 Å². The number of benzene rings is 2. The summed E-state index contributed by atoms with van der Waals surface area (Å²) < 4.78 is 35.3. The Morgan fingerprint density at radius 1 is 1.09 bits per heavy atom. The quantitative estimate of drug-likeness (QED) is 0.486. The Balaban J connectivity index is 1.56. The van der Waals surface area contributed by atoms with Crippen molar-refractivity contribution in [1.29, 1.82) is 0 Å². The van der Waals surface area contributed by atoms with Gasteiger partial charge in [0, 0.05) is 24.2 Å². The summed E-state index contributed by atoms with van der Waals surface area (Å²) in [7, 11) is 1.38. The highest BCUT2D eigenvalue weighted by atomic mass is 79.9. The number of hydrogen-bond acceptors (Lipinski definition) is 3. The standard InChI is InChI=1S/C24H23BrF2N2O3/c1-32-24(31)15-3-5-16(6-4-15)28-23(30)18-7-9-20(26)17-10-11-29(22(17)18)13-14-2-8-19(25)21(27)12-14/h2,7-12,15-16H,3-6,13H2,1H3,(H,28,30). The number of aromatic nitrogens is 1. The largest absolute Gasteiger partial charge is 0.469 e. The van der Waals surface area contributed by atoms with Crippen LogP contribution in [0.2, 0.25) is 0 Å². The first-order valence-corrected chi connectivity index (χ1v) is 11.3. The van der Waals surface area contributed by atoms with Crippen LogP contribution in [0.15, 0.2) is 47.1 Å². The molecule has 0 radical (unpaired) electrons. The lowest BCUT2D eigenvalue weighted by Gasteiger charge is -2.27. The lowest BCUT2D eigenvalue weighted by molar-refractivity contribution is -0.146. The van der Waals surface area contributed by atoms with E-state index in [0.29, 0.717) is 58.7 Å². The van der Waals surface area contributed by atoms with Crippen molar-refractivity contribution >= 4 is 38.7 Å². The van der Waals surface area contributed by atoms with Crippen LogP contribution in [0.25, 0.3) is 10.9 Å². The molecule has 1 fully saturated rings. The van der Waals surface area contributed by atoms with Gasteiger partial charge in [-0.1, -0.05) is 6.07 Å². The van der Waals surface area contributed by atoms with Crippen molar-refractivity contribution in [2.45, 2.75) is 38.3 Å². The van der Waals surface area contributed by atoms with Crippen molar-refractivity contribution in [2.24, 2.45) is 5.92 Å². The van der Waals surface area contributed by atoms with Gasteiger partial charge in [-0.25, -0.2) is 8.78 Å². The van der Waals surface area contributed by atoms with Crippen LogP contribution < -0.4 is 5.32 Å². The van der Waals surface area contributed by atoms with Gasteiger partial charge in [0.1, 0.15) is 11.6 Å². The van der Waals surface area contributed by atoms with Gasteiger partial charge in [-0.05, 0) is 77.5 Å². The molecule has 0 aliphatic heterocycles. The number of nitrogens with zero attached hydrogens (tertiary/aromatic N) is 1. The lowest BCUT2D eigenvalue weighted by atomic mass is 9.86. The highest BCUT2D eigenvalue weighted by molar-refractivity contribution is 9.10. The molecule has 168 valence electrons. The number of hydrogen-bond donors (Lipinski definition) is 1. The Morgan fingerprint density at radius 2 is 1.84 bits per heavy atom. The highest BCUT2D eigenvalue weighted by Crippen LogP contribution is 2.28. The second-order valence-electron chi connectivity index (χ2n) is 8.09. The molecule has 4 rings (SSSR count). The molecule has 0 spiro atoms. The normalized spacial score (nSPS) is 18.5. The summed E-state index contributed by atoms with van der Waals surface area (Å²) in [5.41, 5.74) is 1.52. The number of nitrogens with one attached hydrogen (secondary N) is 1. The Morgan fingerprint density at radius 3 is 2.53 bits per heavy atom. The minimum atomic E-state index is -0.420. The van der Waals surface area contributed by atoms with Crippen molar-refractivity contribution in [2.75, 3.05) is 7.11 Å². The molecule has 0 saturated heterocycles. The highest BCUT2D eigenvalue weighted by Gasteiger charge is 2.28. The average molecular weight is 505 g/mol. The van der Waals surface area contributed by atoms with Crippen LogP contribution in [-0.4, -0.2) is 29.6 Å². The Bertz CT molecular complexity index is 1170. The van der Waals surface area contributed by atoms with Gasteiger partial charge in [-0.15, -0.1) is 0 Å². The molecular formula is C24H23BrF2N2O3. The van der Waals surface area contributed by atoms with Gasteiger partial charge < -0.3 is 14.6 Å². The first-order chi connectivity index (χ1) is 15.4. The number of ether oxygens (including phenoxy) is 1. The van der Waals surface area contributed by atoms with E-state index in [4.69, 9.17) is 4.74 Å². The molecular weight excluding hydrogens is 482 g/mol. The number of esters is 1. The van der Waals surface area contributed by atoms with Crippen LogP contribution in [0.3, 0.4) is 0 Å². The maximum atomic E-state index is 14.5. The van der Waals surface area contributed by atoms with E-state index in [1.165, 1.54) is 25.3 Å². The molecule has 0 bridgehead atoms. The summed E-state index contributed by atoms with van der Waals surface area (Å²) in [6, 6.07) is 9.13. The van der Waals surface area contributed by atoms with Crippen LogP contribution in [0.5, 0.6) is 0 Å². The maximum absolute atomic E-state index is 14.5. The van der Waals surface area contributed by atoms with Crippen molar-refractivity contribution in [3.8, 4) is 0 Å². The molecule has 5 nitrogen and oxygen atoms in total. The third-order valence-electron chi connectivity index (χ3n) is 6.05. The molecule has 1 heterocycles. The zero-order valence-electron chi connectivity index (χ0n) is 17.5. The van der Waals surface area contributed by atoms with Crippen LogP contribution in [0.4, 0.5) is 8.78 Å². The SMILES string of the molecule is COC(=O)C1CCC(NC(=O)c2ccc(F)c3ccn(Cc4ccc(Br)c(F)c4)c23)CC1. The summed E-state index contributed by atoms with van der Waals surface area (Å²) in [4.78, 5) is 24.8. The van der Waals surface area contributed by atoms with Crippen molar-refractivity contribution in [1.82, 2.24) is 9.88 Å². The number of halogens is 3. The van der Waals surface area contributed by atoms with Crippen molar-refractivity contribution < 1.29 is 23.1 Å². The predicted octanol–water partition coefficient (Wildman–Crippen LogP) is 5.19. The first kappa shape index (κ1) is 22.5. The van der Waals surface area contributed by atoms with Gasteiger partial charge in [0.15, 0.2) is 0 Å². The summed E-state index contributed by atoms with van der Waals surface area (Å²) in [6.45, 7) is 0.293. The molecule has 1 aliphatic carbocycles. The molecule has 1 N–H and O–H groups in total. The van der Waals surface area contributed by atoms with Crippen molar-refractivity contribution in [3.05, 3.63) is 69.8 Å². The number of amides is 1. The minimum Gasteiger partial charge on any atom is -0.469 e. The lowest BCUT2D eigenvalue weighted by Crippen LogP contribution is -2.39. The van der Waals surface area contributed by atoms with E-state index in [9.17, 15) is 18.4 Å². The molecule has 1 amide bonds. The molecule has 1 aliphatic rings. The van der Waals surface area contributed by atoms with Gasteiger partial charge in [0.2, 0.25) is 0 Å². The predicted molar refractivity (Wildman–Crippen MR) is 120 cm³/mol. The van der Waals surface area contributed by atoms with Crippen LogP contribution >= 0.6 is 15.9 Å². The van der Waals surface area contributed by atoms with E-state index in [2.05, 4.69) is 21.2 Å². The zero-order valence-corrected chi connectivity index (χ0v) is 19.1. The summed E-state index contributed by atoms with van der Waals surface area (Å²) in [5.74, 6) is -1.44. The molecule has 32 heavy (non-hydrogen) atoms. The van der Waals surface area contributed by atoms with E-state index in [1.807, 2.05) is 0 Å².